The largest absolute Gasteiger partial charge is 0.480 e. The third-order valence-electron chi connectivity index (χ3n) is 2.51. The molecule has 1 atom stereocenters. The van der Waals surface area contributed by atoms with Crippen LogP contribution in [0.25, 0.3) is 0 Å². The average Bonchev–Trinajstić information content (AvgIpc) is 2.34. The average molecular weight is 252 g/mol. The molecule has 0 aromatic carbocycles. The molecule has 0 aliphatic carbocycles. The Morgan fingerprint density at radius 1 is 1.56 bits per heavy atom. The SMILES string of the molecule is Cc1nccc(CNC(=O)N(C)C(C)C(=O)O)n1. The topological polar surface area (TPSA) is 95.4 Å². The number of urea groups is 1. The van der Waals surface area contributed by atoms with Gasteiger partial charge in [-0.15, -0.1) is 0 Å². The van der Waals surface area contributed by atoms with E-state index in [1.807, 2.05) is 0 Å². The van der Waals surface area contributed by atoms with Crippen LogP contribution in [0.4, 0.5) is 4.79 Å². The number of aryl methyl sites for hydroxylation is 1. The summed E-state index contributed by atoms with van der Waals surface area (Å²) >= 11 is 0. The summed E-state index contributed by atoms with van der Waals surface area (Å²) < 4.78 is 0. The van der Waals surface area contributed by atoms with Gasteiger partial charge in [0.15, 0.2) is 0 Å². The van der Waals surface area contributed by atoms with Crippen molar-refractivity contribution < 1.29 is 14.7 Å². The van der Waals surface area contributed by atoms with Crippen molar-refractivity contribution in [3.05, 3.63) is 23.8 Å². The Morgan fingerprint density at radius 3 is 2.78 bits per heavy atom. The van der Waals surface area contributed by atoms with E-state index in [-0.39, 0.29) is 6.54 Å². The zero-order chi connectivity index (χ0) is 13.7. The molecule has 0 aliphatic heterocycles. The van der Waals surface area contributed by atoms with Gasteiger partial charge in [-0.3, -0.25) is 0 Å². The molecular weight excluding hydrogens is 236 g/mol. The molecule has 98 valence electrons. The summed E-state index contributed by atoms with van der Waals surface area (Å²) in [6, 6.07) is 0.353. The van der Waals surface area contributed by atoms with Gasteiger partial charge < -0.3 is 15.3 Å². The van der Waals surface area contributed by atoms with Crippen molar-refractivity contribution >= 4 is 12.0 Å². The molecule has 0 saturated carbocycles. The molecule has 2 amide bonds. The summed E-state index contributed by atoms with van der Waals surface area (Å²) in [5.41, 5.74) is 0.673. The van der Waals surface area contributed by atoms with Gasteiger partial charge in [-0.05, 0) is 19.9 Å². The van der Waals surface area contributed by atoms with E-state index in [4.69, 9.17) is 5.11 Å². The summed E-state index contributed by atoms with van der Waals surface area (Å²) in [4.78, 5) is 31.6. The van der Waals surface area contributed by atoms with E-state index in [0.29, 0.717) is 11.5 Å². The number of amides is 2. The number of nitrogens with one attached hydrogen (secondary N) is 1. The van der Waals surface area contributed by atoms with Crippen molar-refractivity contribution in [3.63, 3.8) is 0 Å². The number of carbonyl (C=O) groups excluding carboxylic acids is 1. The number of carbonyl (C=O) groups is 2. The first-order valence-electron chi connectivity index (χ1n) is 5.44. The van der Waals surface area contributed by atoms with E-state index < -0.39 is 18.0 Å². The summed E-state index contributed by atoms with van der Waals surface area (Å²) in [7, 11) is 1.43. The fourth-order valence-electron chi connectivity index (χ4n) is 1.24. The van der Waals surface area contributed by atoms with E-state index in [2.05, 4.69) is 15.3 Å². The highest BCUT2D eigenvalue weighted by Gasteiger charge is 2.21. The maximum Gasteiger partial charge on any atom is 0.326 e. The third-order valence-corrected chi connectivity index (χ3v) is 2.51. The molecule has 1 aromatic heterocycles. The Bertz CT molecular complexity index is 450. The van der Waals surface area contributed by atoms with Crippen molar-refractivity contribution in [1.29, 1.82) is 0 Å². The van der Waals surface area contributed by atoms with Crippen molar-refractivity contribution in [3.8, 4) is 0 Å². The molecule has 0 spiro atoms. The van der Waals surface area contributed by atoms with Crippen molar-refractivity contribution in [2.75, 3.05) is 7.05 Å². The van der Waals surface area contributed by atoms with Crippen molar-refractivity contribution in [2.24, 2.45) is 0 Å². The standard InChI is InChI=1S/C11H16N4O3/c1-7(10(16)17)15(3)11(18)13-6-9-4-5-12-8(2)14-9/h4-5,7H,6H2,1-3H3,(H,13,18)(H,16,17). The minimum Gasteiger partial charge on any atom is -0.480 e. The number of hydrogen-bond acceptors (Lipinski definition) is 4. The molecule has 1 heterocycles. The summed E-state index contributed by atoms with van der Waals surface area (Å²) in [6.07, 6.45) is 1.60. The minimum atomic E-state index is -1.05. The van der Waals surface area contributed by atoms with E-state index >= 15 is 0 Å². The summed E-state index contributed by atoms with van der Waals surface area (Å²) in [6.45, 7) is 3.43. The van der Waals surface area contributed by atoms with Gasteiger partial charge in [-0.1, -0.05) is 0 Å². The first-order valence-corrected chi connectivity index (χ1v) is 5.44. The second kappa shape index (κ2) is 5.95. The number of aromatic nitrogens is 2. The maximum atomic E-state index is 11.7. The molecule has 0 aliphatic rings. The predicted octanol–water partition coefficient (Wildman–Crippen LogP) is 0.400. The molecule has 0 saturated heterocycles. The zero-order valence-corrected chi connectivity index (χ0v) is 10.5. The van der Waals surface area contributed by atoms with Gasteiger partial charge in [0, 0.05) is 13.2 Å². The molecule has 18 heavy (non-hydrogen) atoms. The smallest absolute Gasteiger partial charge is 0.326 e. The van der Waals surface area contributed by atoms with Gasteiger partial charge in [0.2, 0.25) is 0 Å². The van der Waals surface area contributed by atoms with Crippen LogP contribution < -0.4 is 5.32 Å². The van der Waals surface area contributed by atoms with E-state index in [1.54, 1.807) is 19.2 Å². The number of carboxylic acid groups (broad SMARTS) is 1. The van der Waals surface area contributed by atoms with Crippen molar-refractivity contribution in [2.45, 2.75) is 26.4 Å². The van der Waals surface area contributed by atoms with Gasteiger partial charge >= 0.3 is 12.0 Å². The van der Waals surface area contributed by atoms with Crippen LogP contribution in [0, 0.1) is 6.92 Å². The monoisotopic (exact) mass is 252 g/mol. The lowest BCUT2D eigenvalue weighted by molar-refractivity contribution is -0.141. The quantitative estimate of drug-likeness (QED) is 0.808. The van der Waals surface area contributed by atoms with E-state index in [1.165, 1.54) is 14.0 Å². The van der Waals surface area contributed by atoms with Crippen LogP contribution in [0.15, 0.2) is 12.3 Å². The van der Waals surface area contributed by atoms with E-state index in [9.17, 15) is 9.59 Å². The van der Waals surface area contributed by atoms with Crippen LogP contribution >= 0.6 is 0 Å². The van der Waals surface area contributed by atoms with Crippen molar-refractivity contribution in [1.82, 2.24) is 20.2 Å². The number of rotatable bonds is 4. The first-order chi connectivity index (χ1) is 8.41. The van der Waals surface area contributed by atoms with Crippen LogP contribution in [0.3, 0.4) is 0 Å². The Hall–Kier alpha value is -2.18. The van der Waals surface area contributed by atoms with Gasteiger partial charge in [-0.2, -0.15) is 0 Å². The fraction of sp³-hybridized carbons (Fsp3) is 0.455. The third kappa shape index (κ3) is 3.69. The molecular formula is C11H16N4O3. The van der Waals surface area contributed by atoms with Crippen LogP contribution in [0.5, 0.6) is 0 Å². The predicted molar refractivity (Wildman–Crippen MR) is 63.9 cm³/mol. The normalized spacial score (nSPS) is 11.7. The highest BCUT2D eigenvalue weighted by molar-refractivity contribution is 5.82. The van der Waals surface area contributed by atoms with Crippen LogP contribution in [-0.2, 0) is 11.3 Å². The van der Waals surface area contributed by atoms with Crippen LogP contribution in [-0.4, -0.2) is 45.1 Å². The number of nitrogens with zero attached hydrogens (tertiary/aromatic N) is 3. The number of aliphatic carboxylic acids is 1. The highest BCUT2D eigenvalue weighted by atomic mass is 16.4. The Labute approximate surface area is 105 Å². The van der Waals surface area contributed by atoms with Gasteiger partial charge in [0.05, 0.1) is 12.2 Å². The molecule has 1 unspecified atom stereocenters. The second-order valence-corrected chi connectivity index (χ2v) is 3.88. The molecule has 2 N–H and O–H groups in total. The number of likely N-dealkylation sites (N-methyl/N-ethyl adjacent to an activating group) is 1. The Kier molecular flexibility index (Phi) is 4.59. The highest BCUT2D eigenvalue weighted by Crippen LogP contribution is 1.98. The van der Waals surface area contributed by atoms with Gasteiger partial charge in [0.1, 0.15) is 11.9 Å². The Balaban J connectivity index is 2.53. The van der Waals surface area contributed by atoms with Crippen LogP contribution in [0.1, 0.15) is 18.4 Å². The molecule has 7 nitrogen and oxygen atoms in total. The maximum absolute atomic E-state index is 11.7. The number of carboxylic acids is 1. The van der Waals surface area contributed by atoms with Crippen LogP contribution in [0.2, 0.25) is 0 Å². The Morgan fingerprint density at radius 2 is 2.22 bits per heavy atom. The lowest BCUT2D eigenvalue weighted by atomic mass is 10.3. The van der Waals surface area contributed by atoms with E-state index in [0.717, 1.165) is 4.90 Å². The molecule has 0 fully saturated rings. The summed E-state index contributed by atoms with van der Waals surface area (Å²) in [5.74, 6) is -0.431. The molecule has 0 radical (unpaired) electrons. The molecule has 7 heteroatoms. The fourth-order valence-corrected chi connectivity index (χ4v) is 1.24. The minimum absolute atomic E-state index is 0.235. The summed E-state index contributed by atoms with van der Waals surface area (Å²) in [5, 5.41) is 11.4. The molecule has 0 bridgehead atoms. The second-order valence-electron chi connectivity index (χ2n) is 3.88. The number of hydrogen-bond donors (Lipinski definition) is 2. The first kappa shape index (κ1) is 13.9. The molecule has 1 aromatic rings. The van der Waals surface area contributed by atoms with Gasteiger partial charge in [-0.25, -0.2) is 19.6 Å². The lowest BCUT2D eigenvalue weighted by Gasteiger charge is -2.21. The van der Waals surface area contributed by atoms with Gasteiger partial charge in [0.25, 0.3) is 0 Å². The molecule has 1 rings (SSSR count). The zero-order valence-electron chi connectivity index (χ0n) is 10.5. The lowest BCUT2D eigenvalue weighted by Crippen LogP contribution is -2.45.